The summed E-state index contributed by atoms with van der Waals surface area (Å²) in [5.41, 5.74) is 0.555. The number of piperidine rings is 1. The van der Waals surface area contributed by atoms with Gasteiger partial charge in [0.15, 0.2) is 0 Å². The number of ether oxygens (including phenoxy) is 1. The number of hydrogen-bond donors (Lipinski definition) is 0. The van der Waals surface area contributed by atoms with Crippen LogP contribution in [0.2, 0.25) is 0 Å². The molecule has 6 heteroatoms. The van der Waals surface area contributed by atoms with Crippen LogP contribution in [0.3, 0.4) is 0 Å². The molecule has 0 atom stereocenters. The van der Waals surface area contributed by atoms with Crippen LogP contribution < -0.4 is 4.74 Å². The van der Waals surface area contributed by atoms with Crippen molar-refractivity contribution in [2.24, 2.45) is 5.92 Å². The summed E-state index contributed by atoms with van der Waals surface area (Å²) in [7, 11) is 0. The number of unbranched alkanes of at least 4 members (excludes halogenated alkanes) is 1. The van der Waals surface area contributed by atoms with Gasteiger partial charge in [0.2, 0.25) is 0 Å². The Kier molecular flexibility index (Phi) is 7.57. The zero-order valence-electron chi connectivity index (χ0n) is 20.7. The van der Waals surface area contributed by atoms with Gasteiger partial charge in [-0.1, -0.05) is 57.5 Å². The lowest BCUT2D eigenvalue weighted by Crippen LogP contribution is -2.56. The zero-order chi connectivity index (χ0) is 24.1. The fourth-order valence-electron chi connectivity index (χ4n) is 5.04. The normalized spacial score (nSPS) is 18.4. The number of hydrogen-bond acceptors (Lipinski definition) is 4. The van der Waals surface area contributed by atoms with Crippen LogP contribution in [-0.4, -0.2) is 58.4 Å². The predicted molar refractivity (Wildman–Crippen MR) is 134 cm³/mol. The first kappa shape index (κ1) is 24.3. The number of likely N-dealkylation sites (tertiary alicyclic amines) is 1. The molecule has 2 saturated heterocycles. The topological polar surface area (TPSA) is 53.1 Å². The van der Waals surface area contributed by atoms with Crippen LogP contribution in [0.5, 0.6) is 11.5 Å². The second kappa shape index (κ2) is 10.6. The van der Waals surface area contributed by atoms with E-state index >= 15 is 0 Å². The molecule has 0 aliphatic carbocycles. The molecule has 2 aliphatic rings. The molecule has 34 heavy (non-hydrogen) atoms. The first-order valence-corrected chi connectivity index (χ1v) is 12.6. The number of carbonyl (C=O) groups excluding carboxylic acids is 2. The summed E-state index contributed by atoms with van der Waals surface area (Å²) in [6.07, 6.45) is 3.34. The van der Waals surface area contributed by atoms with Crippen molar-refractivity contribution in [2.75, 3.05) is 26.2 Å². The van der Waals surface area contributed by atoms with E-state index < -0.39 is 5.54 Å². The number of benzene rings is 2. The fraction of sp³-hybridized carbons (Fsp3) is 0.500. The third kappa shape index (κ3) is 5.12. The van der Waals surface area contributed by atoms with E-state index in [0.717, 1.165) is 44.0 Å². The van der Waals surface area contributed by atoms with Crippen molar-refractivity contribution in [2.45, 2.75) is 58.5 Å². The van der Waals surface area contributed by atoms with Gasteiger partial charge < -0.3 is 9.64 Å². The van der Waals surface area contributed by atoms with Gasteiger partial charge in [0.1, 0.15) is 17.0 Å². The number of rotatable bonds is 9. The minimum absolute atomic E-state index is 0.0179. The van der Waals surface area contributed by atoms with E-state index in [9.17, 15) is 9.59 Å². The summed E-state index contributed by atoms with van der Waals surface area (Å²) in [6.45, 7) is 9.84. The minimum Gasteiger partial charge on any atom is -0.457 e. The molecule has 0 radical (unpaired) electrons. The van der Waals surface area contributed by atoms with Crippen molar-refractivity contribution in [3.63, 3.8) is 0 Å². The van der Waals surface area contributed by atoms with Crippen LogP contribution in [0.15, 0.2) is 54.6 Å². The third-order valence-electron chi connectivity index (χ3n) is 6.90. The maximum Gasteiger partial charge on any atom is 0.327 e. The molecule has 0 aromatic heterocycles. The largest absolute Gasteiger partial charge is 0.457 e. The second-order valence-corrected chi connectivity index (χ2v) is 9.96. The number of amides is 3. The summed E-state index contributed by atoms with van der Waals surface area (Å²) < 4.78 is 5.90. The highest BCUT2D eigenvalue weighted by Gasteiger charge is 2.57. The molecule has 2 heterocycles. The van der Waals surface area contributed by atoms with Crippen molar-refractivity contribution >= 4 is 11.9 Å². The van der Waals surface area contributed by atoms with Gasteiger partial charge in [-0.25, -0.2) is 4.79 Å². The van der Waals surface area contributed by atoms with Crippen molar-refractivity contribution in [3.05, 3.63) is 60.2 Å². The number of para-hydroxylation sites is 1. The fourth-order valence-corrected chi connectivity index (χ4v) is 5.04. The summed E-state index contributed by atoms with van der Waals surface area (Å²) in [5.74, 6) is 1.93. The highest BCUT2D eigenvalue weighted by Crippen LogP contribution is 2.38. The van der Waals surface area contributed by atoms with Crippen molar-refractivity contribution < 1.29 is 14.3 Å². The molecule has 2 aromatic carbocycles. The minimum atomic E-state index is -0.662. The lowest BCUT2D eigenvalue weighted by atomic mass is 9.85. The Morgan fingerprint density at radius 2 is 1.59 bits per heavy atom. The number of nitrogens with zero attached hydrogens (tertiary/aromatic N) is 3. The van der Waals surface area contributed by atoms with Crippen LogP contribution in [0, 0.1) is 5.92 Å². The van der Waals surface area contributed by atoms with Crippen LogP contribution in [0.1, 0.15) is 52.0 Å². The lowest BCUT2D eigenvalue weighted by Gasteiger charge is -2.42. The molecule has 0 bridgehead atoms. The second-order valence-electron chi connectivity index (χ2n) is 9.96. The first-order chi connectivity index (χ1) is 16.4. The smallest absolute Gasteiger partial charge is 0.327 e. The van der Waals surface area contributed by atoms with Gasteiger partial charge in [-0.2, -0.15) is 0 Å². The van der Waals surface area contributed by atoms with E-state index in [0.29, 0.717) is 25.9 Å². The van der Waals surface area contributed by atoms with E-state index in [1.165, 1.54) is 10.5 Å². The lowest BCUT2D eigenvalue weighted by molar-refractivity contribution is -0.136. The third-order valence-corrected chi connectivity index (χ3v) is 6.90. The van der Waals surface area contributed by atoms with E-state index in [2.05, 4.69) is 37.8 Å². The summed E-state index contributed by atoms with van der Waals surface area (Å²) >= 11 is 0. The Labute approximate surface area is 203 Å². The molecule has 6 nitrogen and oxygen atoms in total. The number of carbonyl (C=O) groups is 2. The van der Waals surface area contributed by atoms with Gasteiger partial charge in [-0.3, -0.25) is 14.6 Å². The van der Waals surface area contributed by atoms with E-state index in [1.807, 2.05) is 47.4 Å². The quantitative estimate of drug-likeness (QED) is 0.459. The molecule has 0 saturated carbocycles. The average Bonchev–Trinajstić information content (AvgIpc) is 3.02. The highest BCUT2D eigenvalue weighted by molar-refractivity contribution is 6.07. The van der Waals surface area contributed by atoms with E-state index in [1.54, 1.807) is 0 Å². The number of urea groups is 1. The van der Waals surface area contributed by atoms with Crippen molar-refractivity contribution in [1.82, 2.24) is 14.7 Å². The van der Waals surface area contributed by atoms with Crippen LogP contribution in [0.4, 0.5) is 4.79 Å². The first-order valence-electron chi connectivity index (χ1n) is 12.6. The zero-order valence-corrected chi connectivity index (χ0v) is 20.7. The predicted octanol–water partition coefficient (Wildman–Crippen LogP) is 5.53. The standard InChI is InChI=1S/C28H37N3O3/c1-4-5-17-31-27(33)30(20-22(2)3)26(32)28(31)15-18-29(19-16-28)21-23-11-13-25(14-12-23)34-24-9-7-6-8-10-24/h6-14,22H,4-5,15-21H2,1-3H3. The van der Waals surface area contributed by atoms with Gasteiger partial charge in [-0.15, -0.1) is 0 Å². The molecule has 2 aromatic rings. The van der Waals surface area contributed by atoms with Gasteiger partial charge in [-0.05, 0) is 55.0 Å². The Morgan fingerprint density at radius 3 is 2.21 bits per heavy atom. The molecule has 182 valence electrons. The Hall–Kier alpha value is -2.86. The van der Waals surface area contributed by atoms with Crippen molar-refractivity contribution in [3.8, 4) is 11.5 Å². The monoisotopic (exact) mass is 463 g/mol. The summed E-state index contributed by atoms with van der Waals surface area (Å²) in [6, 6.07) is 17.9. The van der Waals surface area contributed by atoms with E-state index in [-0.39, 0.29) is 17.9 Å². The maximum atomic E-state index is 13.5. The van der Waals surface area contributed by atoms with Crippen LogP contribution >= 0.6 is 0 Å². The molecular formula is C28H37N3O3. The molecule has 2 fully saturated rings. The SMILES string of the molecule is CCCCN1C(=O)N(CC(C)C)C(=O)C12CCN(Cc1ccc(Oc3ccccc3)cc1)CC2. The molecule has 4 rings (SSSR count). The van der Waals surface area contributed by atoms with E-state index in [4.69, 9.17) is 4.74 Å². The molecule has 1 spiro atoms. The van der Waals surface area contributed by atoms with Crippen molar-refractivity contribution in [1.29, 1.82) is 0 Å². The van der Waals surface area contributed by atoms with Gasteiger partial charge in [0.25, 0.3) is 5.91 Å². The Balaban J connectivity index is 1.39. The highest BCUT2D eigenvalue weighted by atomic mass is 16.5. The summed E-state index contributed by atoms with van der Waals surface area (Å²) in [4.78, 5) is 32.5. The van der Waals surface area contributed by atoms with Gasteiger partial charge in [0, 0.05) is 32.7 Å². The van der Waals surface area contributed by atoms with Gasteiger partial charge >= 0.3 is 6.03 Å². The van der Waals surface area contributed by atoms with Crippen LogP contribution in [0.25, 0.3) is 0 Å². The Morgan fingerprint density at radius 1 is 0.941 bits per heavy atom. The Bertz CT molecular complexity index is 966. The maximum absolute atomic E-state index is 13.5. The molecule has 3 amide bonds. The van der Waals surface area contributed by atoms with Gasteiger partial charge in [0.05, 0.1) is 0 Å². The van der Waals surface area contributed by atoms with Crippen LogP contribution in [-0.2, 0) is 11.3 Å². The molecule has 0 N–H and O–H groups in total. The average molecular weight is 464 g/mol. The summed E-state index contributed by atoms with van der Waals surface area (Å²) in [5, 5.41) is 0. The number of imide groups is 1. The molecule has 0 unspecified atom stereocenters. The molecular weight excluding hydrogens is 426 g/mol. The molecule has 2 aliphatic heterocycles.